The van der Waals surface area contributed by atoms with Crippen LogP contribution in [0.5, 0.6) is 0 Å². The van der Waals surface area contributed by atoms with Crippen LogP contribution >= 0.6 is 0 Å². The smallest absolute Gasteiger partial charge is 0.308 e. The molecule has 4 N–H and O–H groups in total. The Kier molecular flexibility index (Phi) is 15.2. The molecule has 0 aromatic heterocycles. The molecule has 31 heavy (non-hydrogen) atoms. The van der Waals surface area contributed by atoms with E-state index in [9.17, 15) is 20.1 Å². The van der Waals surface area contributed by atoms with E-state index >= 15 is 0 Å². The highest BCUT2D eigenvalue weighted by Gasteiger charge is 2.45. The van der Waals surface area contributed by atoms with Gasteiger partial charge in [0.2, 0.25) is 6.29 Å². The van der Waals surface area contributed by atoms with Crippen LogP contribution in [0.4, 0.5) is 0 Å². The molecule has 7 heteroatoms. The Morgan fingerprint density at radius 3 is 2.13 bits per heavy atom. The first-order chi connectivity index (χ1) is 15.0. The van der Waals surface area contributed by atoms with Gasteiger partial charge in [0, 0.05) is 6.42 Å². The second-order valence-corrected chi connectivity index (χ2v) is 7.79. The van der Waals surface area contributed by atoms with Gasteiger partial charge in [0.05, 0.1) is 6.61 Å². The molecule has 0 amide bonds. The van der Waals surface area contributed by atoms with Crippen LogP contribution in [0.1, 0.15) is 71.1 Å². The van der Waals surface area contributed by atoms with Gasteiger partial charge < -0.3 is 29.9 Å². The van der Waals surface area contributed by atoms with Crippen molar-refractivity contribution in [3.8, 4) is 0 Å². The number of esters is 1. The Bertz CT molecular complexity index is 556. The fourth-order valence-corrected chi connectivity index (χ4v) is 3.24. The molecule has 0 bridgehead atoms. The van der Waals surface area contributed by atoms with Crippen molar-refractivity contribution in [3.63, 3.8) is 0 Å². The van der Waals surface area contributed by atoms with Crippen molar-refractivity contribution >= 4 is 5.97 Å². The van der Waals surface area contributed by atoms with Gasteiger partial charge in [0.1, 0.15) is 24.4 Å². The lowest BCUT2D eigenvalue weighted by molar-refractivity contribution is -0.292. The molecular weight excluding hydrogens is 400 g/mol. The summed E-state index contributed by atoms with van der Waals surface area (Å²) in [5.41, 5.74) is 0. The third kappa shape index (κ3) is 11.6. The molecule has 1 rings (SSSR count). The summed E-state index contributed by atoms with van der Waals surface area (Å²) in [4.78, 5) is 11.9. The zero-order chi connectivity index (χ0) is 22.9. The van der Waals surface area contributed by atoms with E-state index < -0.39 is 43.3 Å². The number of aliphatic hydroxyl groups excluding tert-OH is 4. The van der Waals surface area contributed by atoms with Gasteiger partial charge in [-0.05, 0) is 38.5 Å². The predicted molar refractivity (Wildman–Crippen MR) is 119 cm³/mol. The second-order valence-electron chi connectivity index (χ2n) is 7.79. The Balaban J connectivity index is 2.04. The normalized spacial score (nSPS) is 26.9. The largest absolute Gasteiger partial charge is 0.433 e. The molecular formula is C24H40O7. The first-order valence-corrected chi connectivity index (χ1v) is 11.5. The minimum Gasteiger partial charge on any atom is -0.433 e. The summed E-state index contributed by atoms with van der Waals surface area (Å²) in [6.45, 7) is 1.58. The number of hydrogen-bond donors (Lipinski definition) is 4. The highest BCUT2D eigenvalue weighted by atomic mass is 16.7. The van der Waals surface area contributed by atoms with E-state index in [0.29, 0.717) is 6.42 Å². The number of hydrogen-bond acceptors (Lipinski definition) is 7. The van der Waals surface area contributed by atoms with Gasteiger partial charge in [-0.25, -0.2) is 0 Å². The molecule has 0 saturated carbocycles. The number of rotatable bonds is 15. The molecule has 5 atom stereocenters. The SMILES string of the molecule is CCC=CCC=CCC=CCCCCCCCC(=O)O[C@@H]1O[C@H](CO)[C@@H](O)[C@H](O)[C@H]1O. The molecule has 1 fully saturated rings. The number of carbonyl (C=O) groups is 1. The van der Waals surface area contributed by atoms with Crippen molar-refractivity contribution < 1.29 is 34.7 Å². The molecule has 1 saturated heterocycles. The number of allylic oxidation sites excluding steroid dienone is 6. The van der Waals surface area contributed by atoms with Gasteiger partial charge in [-0.3, -0.25) is 4.79 Å². The fraction of sp³-hybridized carbons (Fsp3) is 0.708. The summed E-state index contributed by atoms with van der Waals surface area (Å²) in [5, 5.41) is 38.4. The quantitative estimate of drug-likeness (QED) is 0.176. The van der Waals surface area contributed by atoms with Crippen LogP contribution in [0.2, 0.25) is 0 Å². The molecule has 1 aliphatic heterocycles. The van der Waals surface area contributed by atoms with Crippen molar-refractivity contribution in [2.24, 2.45) is 0 Å². The molecule has 0 aromatic rings. The zero-order valence-electron chi connectivity index (χ0n) is 18.6. The lowest BCUT2D eigenvalue weighted by Crippen LogP contribution is -2.59. The highest BCUT2D eigenvalue weighted by Crippen LogP contribution is 2.22. The van der Waals surface area contributed by atoms with E-state index in [0.717, 1.165) is 51.4 Å². The Hall–Kier alpha value is -1.51. The highest BCUT2D eigenvalue weighted by molar-refractivity contribution is 5.69. The maximum absolute atomic E-state index is 11.9. The number of aliphatic hydroxyl groups is 4. The molecule has 0 aromatic carbocycles. The van der Waals surface area contributed by atoms with Gasteiger partial charge in [-0.1, -0.05) is 62.6 Å². The summed E-state index contributed by atoms with van der Waals surface area (Å²) >= 11 is 0. The average molecular weight is 441 g/mol. The predicted octanol–water partition coefficient (Wildman–Crippen LogP) is 2.92. The third-order valence-electron chi connectivity index (χ3n) is 5.13. The zero-order valence-corrected chi connectivity index (χ0v) is 18.6. The molecule has 7 nitrogen and oxygen atoms in total. The third-order valence-corrected chi connectivity index (χ3v) is 5.13. The van der Waals surface area contributed by atoms with E-state index in [4.69, 9.17) is 14.6 Å². The molecule has 1 aliphatic rings. The maximum atomic E-state index is 11.9. The molecule has 1 heterocycles. The van der Waals surface area contributed by atoms with Crippen LogP contribution in [0.3, 0.4) is 0 Å². The van der Waals surface area contributed by atoms with E-state index in [1.165, 1.54) is 0 Å². The number of ether oxygens (including phenoxy) is 2. The van der Waals surface area contributed by atoms with E-state index in [1.807, 2.05) is 0 Å². The van der Waals surface area contributed by atoms with Crippen LogP contribution in [-0.4, -0.2) is 63.7 Å². The van der Waals surface area contributed by atoms with Crippen molar-refractivity contribution in [3.05, 3.63) is 36.5 Å². The minimum atomic E-state index is -1.55. The van der Waals surface area contributed by atoms with Crippen LogP contribution in [0.25, 0.3) is 0 Å². The monoisotopic (exact) mass is 440 g/mol. The van der Waals surface area contributed by atoms with Gasteiger partial charge in [0.25, 0.3) is 0 Å². The van der Waals surface area contributed by atoms with Crippen molar-refractivity contribution in [1.82, 2.24) is 0 Å². The van der Waals surface area contributed by atoms with Crippen molar-refractivity contribution in [2.45, 2.75) is 102 Å². The van der Waals surface area contributed by atoms with Crippen molar-refractivity contribution in [1.29, 1.82) is 0 Å². The van der Waals surface area contributed by atoms with Crippen LogP contribution in [0, 0.1) is 0 Å². The van der Waals surface area contributed by atoms with Gasteiger partial charge in [0.15, 0.2) is 0 Å². The minimum absolute atomic E-state index is 0.189. The number of unbranched alkanes of at least 4 members (excludes halogenated alkanes) is 5. The van der Waals surface area contributed by atoms with E-state index in [-0.39, 0.29) is 6.42 Å². The Morgan fingerprint density at radius 1 is 0.839 bits per heavy atom. The Labute approximate surface area is 186 Å². The van der Waals surface area contributed by atoms with Gasteiger partial charge in [-0.15, -0.1) is 0 Å². The lowest BCUT2D eigenvalue weighted by atomic mass is 9.99. The van der Waals surface area contributed by atoms with Crippen LogP contribution < -0.4 is 0 Å². The van der Waals surface area contributed by atoms with E-state index in [2.05, 4.69) is 43.4 Å². The first kappa shape index (κ1) is 27.5. The molecule has 0 unspecified atom stereocenters. The molecule has 0 aliphatic carbocycles. The van der Waals surface area contributed by atoms with E-state index in [1.54, 1.807) is 0 Å². The first-order valence-electron chi connectivity index (χ1n) is 11.5. The van der Waals surface area contributed by atoms with Crippen LogP contribution in [0.15, 0.2) is 36.5 Å². The summed E-state index contributed by atoms with van der Waals surface area (Å²) in [5.74, 6) is -0.537. The summed E-state index contributed by atoms with van der Waals surface area (Å²) < 4.78 is 10.2. The fourth-order valence-electron chi connectivity index (χ4n) is 3.24. The second kappa shape index (κ2) is 17.1. The van der Waals surface area contributed by atoms with Crippen molar-refractivity contribution in [2.75, 3.05) is 6.61 Å². The lowest BCUT2D eigenvalue weighted by Gasteiger charge is -2.39. The van der Waals surface area contributed by atoms with Gasteiger partial charge >= 0.3 is 5.97 Å². The molecule has 0 radical (unpaired) electrons. The average Bonchev–Trinajstić information content (AvgIpc) is 2.76. The van der Waals surface area contributed by atoms with Crippen LogP contribution in [-0.2, 0) is 14.3 Å². The molecule has 178 valence electrons. The standard InChI is InChI=1S/C24H40O7/c1-2-3-4-5-6-7-8-9-10-11-12-13-14-15-16-17-20(26)31-24-23(29)22(28)21(27)19(18-25)30-24/h3-4,6-7,9-10,19,21-25,27-29H,2,5,8,11-18H2,1H3/t19-,21-,22+,23-,24+/m1/s1. The topological polar surface area (TPSA) is 116 Å². The summed E-state index contributed by atoms with van der Waals surface area (Å²) in [6.07, 6.45) is 15.2. The number of carbonyl (C=O) groups excluding carboxylic acids is 1. The molecule has 0 spiro atoms. The summed E-state index contributed by atoms with van der Waals surface area (Å²) in [6, 6.07) is 0. The van der Waals surface area contributed by atoms with Gasteiger partial charge in [-0.2, -0.15) is 0 Å². The Morgan fingerprint density at radius 2 is 1.45 bits per heavy atom. The maximum Gasteiger partial charge on any atom is 0.308 e. The summed E-state index contributed by atoms with van der Waals surface area (Å²) in [7, 11) is 0.